The Morgan fingerprint density at radius 1 is 1.19 bits per heavy atom. The highest BCUT2D eigenvalue weighted by molar-refractivity contribution is 5.95. The fourth-order valence-corrected chi connectivity index (χ4v) is 3.62. The predicted molar refractivity (Wildman–Crippen MR) is 100 cm³/mol. The molecule has 2 aliphatic heterocycles. The number of carbonyl (C=O) groups is 2. The third kappa shape index (κ3) is 5.05. The number of aryl methyl sites for hydroxylation is 1. The summed E-state index contributed by atoms with van der Waals surface area (Å²) in [5.41, 5.74) is 1.61. The summed E-state index contributed by atoms with van der Waals surface area (Å²) in [6.07, 6.45) is 3.04. The minimum absolute atomic E-state index is 0.114. The first kappa shape index (κ1) is 18.9. The zero-order valence-electron chi connectivity index (χ0n) is 15.6. The molecule has 0 aromatic heterocycles. The van der Waals surface area contributed by atoms with Gasteiger partial charge in [-0.2, -0.15) is 0 Å². The van der Waals surface area contributed by atoms with Crippen LogP contribution in [0.2, 0.25) is 0 Å². The van der Waals surface area contributed by atoms with E-state index in [9.17, 15) is 9.59 Å². The van der Waals surface area contributed by atoms with Gasteiger partial charge < -0.3 is 15.0 Å². The van der Waals surface area contributed by atoms with E-state index in [-0.39, 0.29) is 11.8 Å². The molecule has 2 aliphatic rings. The Balaban J connectivity index is 1.35. The van der Waals surface area contributed by atoms with E-state index in [1.165, 1.54) is 0 Å². The van der Waals surface area contributed by atoms with Crippen LogP contribution in [-0.4, -0.2) is 73.6 Å². The lowest BCUT2D eigenvalue weighted by molar-refractivity contribution is -0.132. The normalized spacial score (nSPS) is 21.0. The molecule has 2 saturated heterocycles. The van der Waals surface area contributed by atoms with Crippen LogP contribution < -0.4 is 5.32 Å². The van der Waals surface area contributed by atoms with Crippen LogP contribution in [0.3, 0.4) is 0 Å². The van der Waals surface area contributed by atoms with Crippen LogP contribution in [0, 0.1) is 6.92 Å². The third-order valence-electron chi connectivity index (χ3n) is 5.22. The van der Waals surface area contributed by atoms with Gasteiger partial charge in [-0.15, -0.1) is 0 Å². The van der Waals surface area contributed by atoms with E-state index in [1.54, 1.807) is 6.07 Å². The highest BCUT2D eigenvalue weighted by Crippen LogP contribution is 2.14. The minimum atomic E-state index is -0.114. The number of benzene rings is 1. The molecule has 2 heterocycles. The summed E-state index contributed by atoms with van der Waals surface area (Å²) in [6, 6.07) is 7.48. The highest BCUT2D eigenvalue weighted by Gasteiger charge is 2.24. The number of nitrogens with one attached hydrogen (secondary N) is 1. The molecule has 1 N–H and O–H groups in total. The van der Waals surface area contributed by atoms with Crippen LogP contribution in [0.1, 0.15) is 35.2 Å². The average molecular weight is 359 g/mol. The van der Waals surface area contributed by atoms with Crippen molar-refractivity contribution >= 4 is 11.8 Å². The topological polar surface area (TPSA) is 61.9 Å². The molecule has 1 atom stereocenters. The second kappa shape index (κ2) is 9.14. The van der Waals surface area contributed by atoms with E-state index in [2.05, 4.69) is 10.2 Å². The zero-order valence-corrected chi connectivity index (χ0v) is 15.6. The summed E-state index contributed by atoms with van der Waals surface area (Å²) in [6.45, 7) is 7.49. The summed E-state index contributed by atoms with van der Waals surface area (Å²) >= 11 is 0. The maximum Gasteiger partial charge on any atom is 0.251 e. The van der Waals surface area contributed by atoms with Gasteiger partial charge in [-0.3, -0.25) is 14.5 Å². The molecule has 0 spiro atoms. The Morgan fingerprint density at radius 3 is 2.65 bits per heavy atom. The molecular weight excluding hydrogens is 330 g/mol. The molecule has 0 aliphatic carbocycles. The molecule has 26 heavy (non-hydrogen) atoms. The predicted octanol–water partition coefficient (Wildman–Crippen LogP) is 1.44. The number of piperazine rings is 1. The minimum Gasteiger partial charge on any atom is -0.377 e. The summed E-state index contributed by atoms with van der Waals surface area (Å²) in [4.78, 5) is 28.8. The van der Waals surface area contributed by atoms with E-state index < -0.39 is 0 Å². The van der Waals surface area contributed by atoms with Gasteiger partial charge in [0.1, 0.15) is 0 Å². The van der Waals surface area contributed by atoms with Gasteiger partial charge in [-0.25, -0.2) is 0 Å². The Hall–Kier alpha value is -1.92. The van der Waals surface area contributed by atoms with E-state index in [0.717, 1.165) is 57.7 Å². The maximum absolute atomic E-state index is 12.4. The Labute approximate surface area is 155 Å². The molecule has 6 nitrogen and oxygen atoms in total. The molecule has 2 amide bonds. The standard InChI is InChI=1S/C20H29N3O3/c1-16-5-2-3-7-18(16)20(25)21-9-8-19(24)23-12-10-22(11-13-23)15-17-6-4-14-26-17/h2-3,5,7,17H,4,6,8-15H2,1H3,(H,21,25). The van der Waals surface area contributed by atoms with E-state index in [0.29, 0.717) is 24.6 Å². The molecule has 142 valence electrons. The molecule has 1 unspecified atom stereocenters. The molecule has 1 aromatic rings. The van der Waals surface area contributed by atoms with Crippen LogP contribution in [-0.2, 0) is 9.53 Å². The number of amides is 2. The van der Waals surface area contributed by atoms with Gasteiger partial charge in [-0.1, -0.05) is 18.2 Å². The average Bonchev–Trinajstić information content (AvgIpc) is 3.15. The van der Waals surface area contributed by atoms with Crippen molar-refractivity contribution in [2.45, 2.75) is 32.3 Å². The lowest BCUT2D eigenvalue weighted by atomic mass is 10.1. The second-order valence-corrected chi connectivity index (χ2v) is 7.14. The fourth-order valence-electron chi connectivity index (χ4n) is 3.62. The van der Waals surface area contributed by atoms with Gasteiger partial charge in [0.15, 0.2) is 0 Å². The zero-order chi connectivity index (χ0) is 18.4. The molecule has 2 fully saturated rings. The van der Waals surface area contributed by atoms with E-state index >= 15 is 0 Å². The molecule has 3 rings (SSSR count). The Kier molecular flexibility index (Phi) is 6.63. The molecular formula is C20H29N3O3. The number of carbonyl (C=O) groups excluding carboxylic acids is 2. The second-order valence-electron chi connectivity index (χ2n) is 7.14. The van der Waals surface area contributed by atoms with Crippen molar-refractivity contribution in [1.82, 2.24) is 15.1 Å². The van der Waals surface area contributed by atoms with Crippen LogP contribution in [0.4, 0.5) is 0 Å². The summed E-state index contributed by atoms with van der Waals surface area (Å²) in [7, 11) is 0. The lowest BCUT2D eigenvalue weighted by Crippen LogP contribution is -2.50. The number of ether oxygens (including phenoxy) is 1. The largest absolute Gasteiger partial charge is 0.377 e. The van der Waals surface area contributed by atoms with Gasteiger partial charge in [0.25, 0.3) is 5.91 Å². The van der Waals surface area contributed by atoms with Crippen molar-refractivity contribution in [2.75, 3.05) is 45.9 Å². The first-order valence-corrected chi connectivity index (χ1v) is 9.59. The Morgan fingerprint density at radius 2 is 1.96 bits per heavy atom. The summed E-state index contributed by atoms with van der Waals surface area (Å²) in [5, 5.41) is 2.85. The summed E-state index contributed by atoms with van der Waals surface area (Å²) < 4.78 is 5.69. The third-order valence-corrected chi connectivity index (χ3v) is 5.22. The monoisotopic (exact) mass is 359 g/mol. The number of nitrogens with zero attached hydrogens (tertiary/aromatic N) is 2. The number of hydrogen-bond donors (Lipinski definition) is 1. The highest BCUT2D eigenvalue weighted by atomic mass is 16.5. The molecule has 0 bridgehead atoms. The van der Waals surface area contributed by atoms with Crippen molar-refractivity contribution in [3.8, 4) is 0 Å². The van der Waals surface area contributed by atoms with Crippen molar-refractivity contribution in [1.29, 1.82) is 0 Å². The fraction of sp³-hybridized carbons (Fsp3) is 0.600. The van der Waals surface area contributed by atoms with Gasteiger partial charge in [0.2, 0.25) is 5.91 Å². The number of rotatable bonds is 6. The summed E-state index contributed by atoms with van der Waals surface area (Å²) in [5.74, 6) is 0.00383. The SMILES string of the molecule is Cc1ccccc1C(=O)NCCC(=O)N1CCN(CC2CCCO2)CC1. The van der Waals surface area contributed by atoms with Crippen LogP contribution >= 0.6 is 0 Å². The van der Waals surface area contributed by atoms with E-state index in [4.69, 9.17) is 4.74 Å². The van der Waals surface area contributed by atoms with Crippen molar-refractivity contribution in [3.05, 3.63) is 35.4 Å². The maximum atomic E-state index is 12.4. The molecule has 6 heteroatoms. The van der Waals surface area contributed by atoms with Gasteiger partial charge in [-0.05, 0) is 31.4 Å². The van der Waals surface area contributed by atoms with Crippen molar-refractivity contribution < 1.29 is 14.3 Å². The molecule has 0 saturated carbocycles. The Bertz CT molecular complexity index is 620. The smallest absolute Gasteiger partial charge is 0.251 e. The molecule has 1 aromatic carbocycles. The van der Waals surface area contributed by atoms with Crippen molar-refractivity contribution in [3.63, 3.8) is 0 Å². The molecule has 0 radical (unpaired) electrons. The quantitative estimate of drug-likeness (QED) is 0.835. The first-order valence-electron chi connectivity index (χ1n) is 9.59. The van der Waals surface area contributed by atoms with Crippen LogP contribution in [0.15, 0.2) is 24.3 Å². The lowest BCUT2D eigenvalue weighted by Gasteiger charge is -2.35. The van der Waals surface area contributed by atoms with Crippen molar-refractivity contribution in [2.24, 2.45) is 0 Å². The van der Waals surface area contributed by atoms with E-state index in [1.807, 2.05) is 30.0 Å². The first-order chi connectivity index (χ1) is 12.6. The number of hydrogen-bond acceptors (Lipinski definition) is 4. The van der Waals surface area contributed by atoms with Gasteiger partial charge in [0.05, 0.1) is 6.10 Å². The van der Waals surface area contributed by atoms with Crippen LogP contribution in [0.5, 0.6) is 0 Å². The van der Waals surface area contributed by atoms with Gasteiger partial charge >= 0.3 is 0 Å². The van der Waals surface area contributed by atoms with Crippen LogP contribution in [0.25, 0.3) is 0 Å². The van der Waals surface area contributed by atoms with Gasteiger partial charge in [0, 0.05) is 57.9 Å².